The smallest absolute Gasteiger partial charge is 0.462 e. The first-order valence-electron chi connectivity index (χ1n) is 25.0. The Morgan fingerprint density at radius 3 is 1.97 bits per heavy atom. The van der Waals surface area contributed by atoms with Crippen LogP contribution in [0.3, 0.4) is 0 Å². The van der Waals surface area contributed by atoms with Gasteiger partial charge in [-0.3, -0.25) is 23.2 Å². The molecule has 0 aromatic carbocycles. The summed E-state index contributed by atoms with van der Waals surface area (Å²) in [5.74, 6) is -0.748. The number of unbranched alkanes of at least 4 members (excludes halogenated alkanes) is 9. The van der Waals surface area contributed by atoms with Crippen molar-refractivity contribution in [3.8, 4) is 0 Å². The molecule has 9 atom stereocenters. The number of anilines is 1. The second-order valence-corrected chi connectivity index (χ2v) is 20.9. The molecule has 8 N–H and O–H groups in total. The van der Waals surface area contributed by atoms with Gasteiger partial charge < -0.3 is 50.2 Å². The molecule has 1 aliphatic rings. The number of phosphoric acid groups is 2. The van der Waals surface area contributed by atoms with E-state index in [1.54, 1.807) is 42.5 Å². The number of carbonyl (C=O) groups excluding carboxylic acids is 2. The van der Waals surface area contributed by atoms with Gasteiger partial charge in [-0.05, 0) is 50.5 Å². The van der Waals surface area contributed by atoms with Gasteiger partial charge in [0.25, 0.3) is 0 Å². The molecule has 408 valence electrons. The van der Waals surface area contributed by atoms with Crippen LogP contribution in [-0.2, 0) is 46.3 Å². The number of carbonyl (C=O) groups is 2. The monoisotopic (exact) mass is 1060 g/mol. The third kappa shape index (κ3) is 30.3. The molecule has 1 aliphatic heterocycles. The van der Waals surface area contributed by atoms with Crippen molar-refractivity contribution in [1.82, 2.24) is 9.55 Å². The van der Waals surface area contributed by atoms with E-state index < -0.39 is 95.9 Å². The highest BCUT2D eigenvalue weighted by atomic mass is 31.3. The Morgan fingerprint density at radius 1 is 0.778 bits per heavy atom. The largest absolute Gasteiger partial charge is 0.481 e. The van der Waals surface area contributed by atoms with E-state index in [1.807, 2.05) is 37.3 Å². The highest BCUT2D eigenvalue weighted by Gasteiger charge is 2.46. The lowest BCUT2D eigenvalue weighted by molar-refractivity contribution is -0.161. The van der Waals surface area contributed by atoms with E-state index in [2.05, 4.69) is 23.1 Å². The van der Waals surface area contributed by atoms with E-state index in [0.717, 1.165) is 55.2 Å². The molecule has 1 fully saturated rings. The Bertz CT molecular complexity index is 2040. The van der Waals surface area contributed by atoms with E-state index in [0.29, 0.717) is 32.1 Å². The van der Waals surface area contributed by atoms with Crippen LogP contribution in [0.5, 0.6) is 0 Å². The number of allylic oxidation sites excluding steroid dienone is 8. The van der Waals surface area contributed by atoms with Gasteiger partial charge in [0, 0.05) is 19.0 Å². The molecule has 0 radical (unpaired) electrons. The molecule has 0 saturated carbocycles. The SMILES string of the molecule is CC/C=C\C[C@@H](O)/C=C/C=C\C=C\[C@@H](O)C/C=C\C/C=C\CCC(=O)OC[C@H](COP(=O)(O)OP(=O)(O)OC[C@H]1O[C@@H](n2ccc(N)nc2=O)[C@H](O)[C@@H]1O)OC(=O)CCCCCCCCCCCCC(C)C. The van der Waals surface area contributed by atoms with Crippen LogP contribution in [0.15, 0.2) is 90.0 Å². The molecule has 1 saturated heterocycles. The van der Waals surface area contributed by atoms with Crippen molar-refractivity contribution < 1.29 is 76.5 Å². The third-order valence-electron chi connectivity index (χ3n) is 10.9. The number of hydrogen-bond acceptors (Lipinski definition) is 17. The summed E-state index contributed by atoms with van der Waals surface area (Å²) < 4.78 is 56.6. The number of aromatic nitrogens is 2. The second-order valence-electron chi connectivity index (χ2n) is 17.8. The number of hydrogen-bond donors (Lipinski definition) is 7. The zero-order valence-corrected chi connectivity index (χ0v) is 43.9. The summed E-state index contributed by atoms with van der Waals surface area (Å²) in [4.78, 5) is 61.8. The molecule has 0 amide bonds. The van der Waals surface area contributed by atoms with Gasteiger partial charge in [0.15, 0.2) is 12.3 Å². The zero-order valence-electron chi connectivity index (χ0n) is 42.1. The maximum Gasteiger partial charge on any atom is 0.481 e. The second kappa shape index (κ2) is 36.9. The summed E-state index contributed by atoms with van der Waals surface area (Å²) in [7, 11) is -10.9. The molecule has 0 spiro atoms. The topological polar surface area (TPSA) is 306 Å². The van der Waals surface area contributed by atoms with Gasteiger partial charge in [-0.1, -0.05) is 158 Å². The Morgan fingerprint density at radius 2 is 1.36 bits per heavy atom. The molecule has 0 bridgehead atoms. The van der Waals surface area contributed by atoms with Crippen LogP contribution in [-0.4, -0.2) is 108 Å². The molecular weight excluding hydrogens is 977 g/mol. The lowest BCUT2D eigenvalue weighted by Gasteiger charge is -2.21. The van der Waals surface area contributed by atoms with Crippen molar-refractivity contribution >= 4 is 33.4 Å². The lowest BCUT2D eigenvalue weighted by Crippen LogP contribution is -2.36. The molecule has 1 aromatic heterocycles. The fourth-order valence-electron chi connectivity index (χ4n) is 6.99. The number of aliphatic hydroxyl groups is 4. The van der Waals surface area contributed by atoms with E-state index in [-0.39, 0.29) is 18.7 Å². The standard InChI is InChI=1S/C50H81N3O17P2/c1-4-5-20-28-40(54)30-23-18-19-24-31-41(55)29-22-15-12-13-16-25-32-45(56)65-36-42(68-46(57)33-26-17-11-9-7-6-8-10-14-21-27-39(2)3)37-66-71(61,62)70-72(63,64)67-38-43-47(58)48(59)49(69-43)53-35-34-44(51)52-50(53)60/h5,13,15-16,18-20,22-24,30-31,34-35,39-43,47-49,54-55,58-59H,4,6-12,14,17,21,25-29,32-33,36-38H2,1-3H3,(H,61,62)(H,63,64)(H2,51,52,60)/b16-13-,19-18-,20-5-,22-15-,30-23+,31-24+/t40-,41+,42-,43-,47-,48-,49-/m1/s1. The maximum atomic E-state index is 12.8. The minimum absolute atomic E-state index is 0.00962. The van der Waals surface area contributed by atoms with E-state index in [9.17, 15) is 53.7 Å². The first-order chi connectivity index (χ1) is 34.3. The van der Waals surface area contributed by atoms with Crippen molar-refractivity contribution in [2.45, 2.75) is 179 Å². The van der Waals surface area contributed by atoms with Crippen molar-refractivity contribution in [3.05, 3.63) is 95.7 Å². The van der Waals surface area contributed by atoms with Crippen LogP contribution in [0.2, 0.25) is 0 Å². The van der Waals surface area contributed by atoms with Gasteiger partial charge >= 0.3 is 33.3 Å². The highest BCUT2D eigenvalue weighted by molar-refractivity contribution is 7.61. The van der Waals surface area contributed by atoms with Gasteiger partial charge in [-0.25, -0.2) is 13.9 Å². The van der Waals surface area contributed by atoms with Gasteiger partial charge in [-0.15, -0.1) is 0 Å². The van der Waals surface area contributed by atoms with Crippen LogP contribution >= 0.6 is 15.6 Å². The van der Waals surface area contributed by atoms with Gasteiger partial charge in [0.2, 0.25) is 0 Å². The summed E-state index contributed by atoms with van der Waals surface area (Å²) in [5.41, 5.74) is 4.57. The number of nitrogens with zero attached hydrogens (tertiary/aromatic N) is 2. The number of nitrogens with two attached hydrogens (primary N) is 1. The van der Waals surface area contributed by atoms with Crippen molar-refractivity contribution in [1.29, 1.82) is 0 Å². The Kier molecular flexibility index (Phi) is 33.0. The van der Waals surface area contributed by atoms with Crippen molar-refractivity contribution in [2.24, 2.45) is 5.92 Å². The summed E-state index contributed by atoms with van der Waals surface area (Å²) >= 11 is 0. The highest BCUT2D eigenvalue weighted by Crippen LogP contribution is 2.60. The van der Waals surface area contributed by atoms with Crippen molar-refractivity contribution in [3.63, 3.8) is 0 Å². The van der Waals surface area contributed by atoms with Crippen LogP contribution < -0.4 is 11.4 Å². The summed E-state index contributed by atoms with van der Waals surface area (Å²) in [6.07, 6.45) is 27.9. The Balaban J connectivity index is 1.86. The quantitative estimate of drug-likeness (QED) is 0.0108. The van der Waals surface area contributed by atoms with E-state index >= 15 is 0 Å². The maximum absolute atomic E-state index is 12.8. The lowest BCUT2D eigenvalue weighted by atomic mass is 10.0. The molecule has 0 aliphatic carbocycles. The Labute approximate surface area is 424 Å². The molecule has 22 heteroatoms. The molecule has 2 heterocycles. The minimum Gasteiger partial charge on any atom is -0.462 e. The zero-order chi connectivity index (χ0) is 53.2. The number of nitrogen functional groups attached to an aromatic ring is 1. The molecule has 20 nitrogen and oxygen atoms in total. The first-order valence-corrected chi connectivity index (χ1v) is 28.0. The number of ether oxygens (including phenoxy) is 3. The van der Waals surface area contributed by atoms with Crippen molar-refractivity contribution in [2.75, 3.05) is 25.6 Å². The van der Waals surface area contributed by atoms with Gasteiger partial charge in [-0.2, -0.15) is 9.29 Å². The summed E-state index contributed by atoms with van der Waals surface area (Å²) in [6.45, 7) is 4.05. The predicted octanol–water partition coefficient (Wildman–Crippen LogP) is 7.91. The normalized spacial score (nSPS) is 20.6. The molecular formula is C50H81N3O17P2. The summed E-state index contributed by atoms with van der Waals surface area (Å²) in [6, 6.07) is 1.23. The molecule has 1 aromatic rings. The molecule has 72 heavy (non-hydrogen) atoms. The van der Waals surface area contributed by atoms with E-state index in [1.165, 1.54) is 38.2 Å². The van der Waals surface area contributed by atoms with Crippen LogP contribution in [0, 0.1) is 5.92 Å². The number of esters is 2. The van der Waals surface area contributed by atoms with Gasteiger partial charge in [0.05, 0.1) is 25.4 Å². The number of phosphoric ester groups is 2. The predicted molar refractivity (Wildman–Crippen MR) is 273 cm³/mol. The van der Waals surface area contributed by atoms with Crippen LogP contribution in [0.1, 0.15) is 143 Å². The molecule has 2 rings (SSSR count). The Hall–Kier alpha value is -3.88. The summed E-state index contributed by atoms with van der Waals surface area (Å²) in [5, 5.41) is 40.9. The number of rotatable bonds is 39. The average Bonchev–Trinajstić information content (AvgIpc) is 3.59. The van der Waals surface area contributed by atoms with Gasteiger partial charge in [0.1, 0.15) is 30.7 Å². The van der Waals surface area contributed by atoms with Crippen LogP contribution in [0.4, 0.5) is 5.82 Å². The number of aliphatic hydroxyl groups excluding tert-OH is 4. The third-order valence-corrected chi connectivity index (χ3v) is 13.5. The average molecular weight is 1060 g/mol. The molecule has 2 unspecified atom stereocenters. The fraction of sp³-hybridized carbons (Fsp3) is 0.640. The van der Waals surface area contributed by atoms with Crippen LogP contribution in [0.25, 0.3) is 0 Å². The minimum atomic E-state index is -5.46. The fourth-order valence-corrected chi connectivity index (χ4v) is 9.10. The van der Waals surface area contributed by atoms with E-state index in [4.69, 9.17) is 29.0 Å². The first kappa shape index (κ1) is 64.2.